The second-order valence-corrected chi connectivity index (χ2v) is 5.37. The highest BCUT2D eigenvalue weighted by atomic mass is 16.6. The van der Waals surface area contributed by atoms with E-state index in [-0.39, 0.29) is 18.6 Å². The van der Waals surface area contributed by atoms with Crippen LogP contribution in [0.3, 0.4) is 0 Å². The van der Waals surface area contributed by atoms with E-state index in [0.717, 1.165) is 0 Å². The summed E-state index contributed by atoms with van der Waals surface area (Å²) in [7, 11) is 0. The Labute approximate surface area is 122 Å². The minimum Gasteiger partial charge on any atom is -0.492 e. The number of carbonyl (C=O) groups is 2. The number of hydrogen-bond donors (Lipinski definition) is 2. The predicted molar refractivity (Wildman–Crippen MR) is 75.3 cm³/mol. The number of nitrogens with one attached hydrogen (secondary N) is 2. The lowest BCUT2D eigenvalue weighted by Crippen LogP contribution is -2.34. The topological polar surface area (TPSA) is 76.7 Å². The van der Waals surface area contributed by atoms with Crippen molar-refractivity contribution in [3.8, 4) is 5.75 Å². The summed E-state index contributed by atoms with van der Waals surface area (Å²) in [4.78, 5) is 23.1. The lowest BCUT2D eigenvalue weighted by Gasteiger charge is -2.13. The molecular weight excluding hydrogens is 272 g/mol. The van der Waals surface area contributed by atoms with E-state index in [1.165, 1.54) is 12.8 Å². The molecule has 112 valence electrons. The maximum absolute atomic E-state index is 12.2. The number of hydrogen-bond acceptors (Lipinski definition) is 4. The molecule has 1 aliphatic carbocycles. The fraction of sp³-hybridized carbons (Fsp3) is 0.467. The Morgan fingerprint density at radius 1 is 1.38 bits per heavy atom. The summed E-state index contributed by atoms with van der Waals surface area (Å²) in [6, 6.07) is 7.18. The molecule has 2 fully saturated rings. The van der Waals surface area contributed by atoms with E-state index in [2.05, 4.69) is 10.6 Å². The van der Waals surface area contributed by atoms with Crippen molar-refractivity contribution in [2.75, 3.05) is 19.7 Å². The number of cyclic esters (lactones) is 1. The van der Waals surface area contributed by atoms with Crippen molar-refractivity contribution in [3.63, 3.8) is 0 Å². The highest BCUT2D eigenvalue weighted by molar-refractivity contribution is 5.96. The largest absolute Gasteiger partial charge is 0.492 e. The van der Waals surface area contributed by atoms with Crippen molar-refractivity contribution in [2.24, 2.45) is 5.92 Å². The number of alkyl carbamates (subject to hydrolysis) is 1. The van der Waals surface area contributed by atoms with Gasteiger partial charge >= 0.3 is 6.09 Å². The van der Waals surface area contributed by atoms with Gasteiger partial charge in [0, 0.05) is 0 Å². The molecule has 6 nitrogen and oxygen atoms in total. The fourth-order valence-corrected chi connectivity index (χ4v) is 2.12. The molecule has 0 radical (unpaired) electrons. The standard InChI is InChI=1S/C15H18N2O4/c18-14(16-7-11-8-17-15(19)21-11)12-3-1-2-4-13(12)20-9-10-5-6-10/h1-4,10-11H,5-9H2,(H,16,18)(H,17,19). The molecule has 1 atom stereocenters. The maximum atomic E-state index is 12.2. The van der Waals surface area contributed by atoms with Crippen LogP contribution >= 0.6 is 0 Å². The zero-order valence-electron chi connectivity index (χ0n) is 11.6. The number of benzene rings is 1. The minimum atomic E-state index is -0.442. The summed E-state index contributed by atoms with van der Waals surface area (Å²) in [6.45, 7) is 1.36. The molecule has 0 spiro atoms. The molecule has 1 unspecified atom stereocenters. The van der Waals surface area contributed by atoms with E-state index in [4.69, 9.17) is 9.47 Å². The normalized spacial score (nSPS) is 20.6. The monoisotopic (exact) mass is 290 g/mol. The van der Waals surface area contributed by atoms with Crippen LogP contribution in [0.1, 0.15) is 23.2 Å². The molecule has 2 aliphatic rings. The molecule has 0 aromatic heterocycles. The summed E-state index contributed by atoms with van der Waals surface area (Å²) in [5, 5.41) is 5.32. The average molecular weight is 290 g/mol. The first-order valence-electron chi connectivity index (χ1n) is 7.17. The van der Waals surface area contributed by atoms with Crippen LogP contribution in [0.25, 0.3) is 0 Å². The Balaban J connectivity index is 1.56. The van der Waals surface area contributed by atoms with Gasteiger partial charge < -0.3 is 20.1 Å². The number of amides is 2. The Bertz CT molecular complexity index is 542. The predicted octanol–water partition coefficient (Wildman–Crippen LogP) is 1.31. The van der Waals surface area contributed by atoms with Crippen molar-refractivity contribution < 1.29 is 19.1 Å². The highest BCUT2D eigenvalue weighted by Crippen LogP contribution is 2.30. The Morgan fingerprint density at radius 3 is 2.90 bits per heavy atom. The molecule has 1 aromatic rings. The van der Waals surface area contributed by atoms with Crippen molar-refractivity contribution >= 4 is 12.0 Å². The first-order chi connectivity index (χ1) is 10.2. The molecule has 1 saturated heterocycles. The summed E-state index contributed by atoms with van der Waals surface area (Å²) in [5.74, 6) is 1.01. The molecule has 1 aliphatic heterocycles. The van der Waals surface area contributed by atoms with Crippen molar-refractivity contribution in [3.05, 3.63) is 29.8 Å². The van der Waals surface area contributed by atoms with E-state index < -0.39 is 6.09 Å². The van der Waals surface area contributed by atoms with Crippen LogP contribution in [0.2, 0.25) is 0 Å². The summed E-state index contributed by atoms with van der Waals surface area (Å²) < 4.78 is 10.7. The van der Waals surface area contributed by atoms with Crippen LogP contribution in [0.5, 0.6) is 5.75 Å². The molecule has 1 aromatic carbocycles. The van der Waals surface area contributed by atoms with E-state index in [0.29, 0.717) is 30.4 Å². The van der Waals surface area contributed by atoms with Gasteiger partial charge in [0.2, 0.25) is 0 Å². The summed E-state index contributed by atoms with van der Waals surface area (Å²) in [6.07, 6.45) is 1.64. The number of rotatable bonds is 6. The van der Waals surface area contributed by atoms with E-state index >= 15 is 0 Å². The van der Waals surface area contributed by atoms with Gasteiger partial charge in [-0.1, -0.05) is 12.1 Å². The van der Waals surface area contributed by atoms with E-state index in [9.17, 15) is 9.59 Å². The Morgan fingerprint density at radius 2 is 2.19 bits per heavy atom. The number of carbonyl (C=O) groups excluding carboxylic acids is 2. The summed E-state index contributed by atoms with van der Waals surface area (Å²) in [5.41, 5.74) is 0.510. The molecule has 6 heteroatoms. The van der Waals surface area contributed by atoms with Crippen LogP contribution in [-0.2, 0) is 4.74 Å². The van der Waals surface area contributed by atoms with Gasteiger partial charge in [-0.3, -0.25) is 4.79 Å². The highest BCUT2D eigenvalue weighted by Gasteiger charge is 2.25. The van der Waals surface area contributed by atoms with Gasteiger partial charge in [-0.2, -0.15) is 0 Å². The maximum Gasteiger partial charge on any atom is 0.407 e. The van der Waals surface area contributed by atoms with Crippen LogP contribution < -0.4 is 15.4 Å². The molecule has 2 amide bonds. The third kappa shape index (κ3) is 3.65. The van der Waals surface area contributed by atoms with Gasteiger partial charge in [-0.05, 0) is 30.9 Å². The lowest BCUT2D eigenvalue weighted by molar-refractivity contribution is 0.0911. The van der Waals surface area contributed by atoms with Crippen molar-refractivity contribution in [2.45, 2.75) is 18.9 Å². The summed E-state index contributed by atoms with van der Waals surface area (Å²) >= 11 is 0. The molecule has 2 N–H and O–H groups in total. The molecular formula is C15H18N2O4. The van der Waals surface area contributed by atoms with Crippen LogP contribution in [-0.4, -0.2) is 37.8 Å². The zero-order valence-corrected chi connectivity index (χ0v) is 11.6. The van der Waals surface area contributed by atoms with Crippen LogP contribution in [0, 0.1) is 5.92 Å². The lowest BCUT2D eigenvalue weighted by atomic mass is 10.2. The van der Waals surface area contributed by atoms with Crippen LogP contribution in [0.15, 0.2) is 24.3 Å². The quantitative estimate of drug-likeness (QED) is 0.828. The molecule has 3 rings (SSSR count). The Kier molecular flexibility index (Phi) is 3.94. The van der Waals surface area contributed by atoms with Gasteiger partial charge in [0.15, 0.2) is 0 Å². The van der Waals surface area contributed by atoms with E-state index in [1.807, 2.05) is 6.07 Å². The fourth-order valence-electron chi connectivity index (χ4n) is 2.12. The van der Waals surface area contributed by atoms with Crippen molar-refractivity contribution in [1.29, 1.82) is 0 Å². The van der Waals surface area contributed by atoms with E-state index in [1.54, 1.807) is 18.2 Å². The smallest absolute Gasteiger partial charge is 0.407 e. The SMILES string of the molecule is O=C1NCC(CNC(=O)c2ccccc2OCC2CC2)O1. The molecule has 1 heterocycles. The average Bonchev–Trinajstić information content (AvgIpc) is 3.24. The molecule has 0 bridgehead atoms. The van der Waals surface area contributed by atoms with Crippen LogP contribution in [0.4, 0.5) is 4.79 Å². The van der Waals surface area contributed by atoms with Crippen molar-refractivity contribution in [1.82, 2.24) is 10.6 Å². The molecule has 21 heavy (non-hydrogen) atoms. The van der Waals surface area contributed by atoms with Gasteiger partial charge in [-0.25, -0.2) is 4.79 Å². The second kappa shape index (κ2) is 6.03. The third-order valence-corrected chi connectivity index (χ3v) is 3.54. The van der Waals surface area contributed by atoms with Gasteiger partial charge in [0.1, 0.15) is 11.9 Å². The first-order valence-corrected chi connectivity index (χ1v) is 7.17. The Hall–Kier alpha value is -2.24. The zero-order chi connectivity index (χ0) is 14.7. The van der Waals surface area contributed by atoms with Gasteiger partial charge in [0.25, 0.3) is 5.91 Å². The van der Waals surface area contributed by atoms with Gasteiger partial charge in [-0.15, -0.1) is 0 Å². The minimum absolute atomic E-state index is 0.218. The number of para-hydroxylation sites is 1. The first kappa shape index (κ1) is 13.7. The second-order valence-electron chi connectivity index (χ2n) is 5.37. The number of ether oxygens (including phenoxy) is 2. The van der Waals surface area contributed by atoms with Gasteiger partial charge in [0.05, 0.1) is 25.3 Å². The third-order valence-electron chi connectivity index (χ3n) is 3.54. The molecule has 1 saturated carbocycles.